The molecule has 0 fully saturated rings. The lowest BCUT2D eigenvalue weighted by Gasteiger charge is -2.08. The van der Waals surface area contributed by atoms with Crippen molar-refractivity contribution in [2.24, 2.45) is 0 Å². The highest BCUT2D eigenvalue weighted by Crippen LogP contribution is 2.11. The second-order valence-corrected chi connectivity index (χ2v) is 4.33. The van der Waals surface area contributed by atoms with Gasteiger partial charge in [0.05, 0.1) is 5.69 Å². The summed E-state index contributed by atoms with van der Waals surface area (Å²) in [6.07, 6.45) is 1.26. The average molecular weight is 288 g/mol. The van der Waals surface area contributed by atoms with Crippen molar-refractivity contribution in [3.8, 4) is 0 Å². The van der Waals surface area contributed by atoms with Crippen LogP contribution < -0.4 is 10.9 Å². The van der Waals surface area contributed by atoms with Crippen molar-refractivity contribution in [2.75, 3.05) is 5.32 Å². The SMILES string of the molecule is Cc1n[nH]c(=O)c(C(=O)Nc2ccnc(C(=O)O)c2)c1C. The zero-order chi connectivity index (χ0) is 15.6. The summed E-state index contributed by atoms with van der Waals surface area (Å²) >= 11 is 0. The third kappa shape index (κ3) is 2.94. The molecule has 0 saturated heterocycles. The van der Waals surface area contributed by atoms with Crippen LogP contribution in [0.2, 0.25) is 0 Å². The lowest BCUT2D eigenvalue weighted by molar-refractivity contribution is 0.0690. The molecule has 0 saturated carbocycles. The summed E-state index contributed by atoms with van der Waals surface area (Å²) in [6.45, 7) is 3.28. The lowest BCUT2D eigenvalue weighted by Crippen LogP contribution is -2.26. The Morgan fingerprint density at radius 2 is 2.05 bits per heavy atom. The van der Waals surface area contributed by atoms with E-state index in [9.17, 15) is 14.4 Å². The van der Waals surface area contributed by atoms with E-state index >= 15 is 0 Å². The third-order valence-electron chi connectivity index (χ3n) is 2.93. The number of aromatic amines is 1. The number of carbonyl (C=O) groups excluding carboxylic acids is 1. The van der Waals surface area contributed by atoms with Crippen LogP contribution in [-0.2, 0) is 0 Å². The highest BCUT2D eigenvalue weighted by Gasteiger charge is 2.17. The van der Waals surface area contributed by atoms with Crippen molar-refractivity contribution in [3.63, 3.8) is 0 Å². The van der Waals surface area contributed by atoms with Crippen molar-refractivity contribution in [1.29, 1.82) is 0 Å². The molecule has 0 aliphatic carbocycles. The van der Waals surface area contributed by atoms with Crippen molar-refractivity contribution < 1.29 is 14.7 Å². The molecule has 0 aromatic carbocycles. The summed E-state index contributed by atoms with van der Waals surface area (Å²) in [5, 5.41) is 17.3. The van der Waals surface area contributed by atoms with E-state index < -0.39 is 17.4 Å². The van der Waals surface area contributed by atoms with Gasteiger partial charge in [-0.3, -0.25) is 9.59 Å². The zero-order valence-electron chi connectivity index (χ0n) is 11.3. The predicted octanol–water partition coefficient (Wildman–Crippen LogP) is 0.732. The fourth-order valence-corrected chi connectivity index (χ4v) is 1.72. The fourth-order valence-electron chi connectivity index (χ4n) is 1.72. The number of hydrogen-bond donors (Lipinski definition) is 3. The average Bonchev–Trinajstić information content (AvgIpc) is 2.43. The first kappa shape index (κ1) is 14.4. The number of H-pyrrole nitrogens is 1. The van der Waals surface area contributed by atoms with E-state index in [4.69, 9.17) is 5.11 Å². The first-order valence-electron chi connectivity index (χ1n) is 5.96. The summed E-state index contributed by atoms with van der Waals surface area (Å²) in [6, 6.07) is 2.64. The fraction of sp³-hybridized carbons (Fsp3) is 0.154. The number of carbonyl (C=O) groups is 2. The molecule has 0 aliphatic heterocycles. The van der Waals surface area contributed by atoms with Crippen LogP contribution in [0.4, 0.5) is 5.69 Å². The van der Waals surface area contributed by atoms with Gasteiger partial charge in [-0.25, -0.2) is 14.9 Å². The van der Waals surface area contributed by atoms with Gasteiger partial charge in [0.25, 0.3) is 11.5 Å². The first-order valence-corrected chi connectivity index (χ1v) is 5.96. The minimum atomic E-state index is -1.21. The number of pyridine rings is 1. The standard InChI is InChI=1S/C13H12N4O4/c1-6-7(2)16-17-12(19)10(6)11(18)15-8-3-4-14-9(5-8)13(20)21/h3-5H,1-2H3,(H,17,19)(H,20,21)(H,14,15,18). The molecule has 0 bridgehead atoms. The Kier molecular flexibility index (Phi) is 3.79. The highest BCUT2D eigenvalue weighted by atomic mass is 16.4. The third-order valence-corrected chi connectivity index (χ3v) is 2.93. The molecule has 0 spiro atoms. The number of carboxylic acid groups (broad SMARTS) is 1. The first-order chi connectivity index (χ1) is 9.90. The number of hydrogen-bond acceptors (Lipinski definition) is 5. The summed E-state index contributed by atoms with van der Waals surface area (Å²) in [4.78, 5) is 38.3. The number of nitrogens with one attached hydrogen (secondary N) is 2. The van der Waals surface area contributed by atoms with Gasteiger partial charge in [0.2, 0.25) is 0 Å². The molecule has 0 unspecified atom stereocenters. The van der Waals surface area contributed by atoms with E-state index in [-0.39, 0.29) is 16.9 Å². The molecule has 108 valence electrons. The molecule has 21 heavy (non-hydrogen) atoms. The normalized spacial score (nSPS) is 10.2. The second-order valence-electron chi connectivity index (χ2n) is 4.33. The Bertz CT molecular complexity index is 782. The zero-order valence-corrected chi connectivity index (χ0v) is 11.3. The number of carboxylic acids is 1. The molecule has 0 radical (unpaired) electrons. The summed E-state index contributed by atoms with van der Waals surface area (Å²) < 4.78 is 0. The number of amides is 1. The van der Waals surface area contributed by atoms with Crippen LogP contribution in [0.1, 0.15) is 32.1 Å². The van der Waals surface area contributed by atoms with E-state index in [1.807, 2.05) is 0 Å². The largest absolute Gasteiger partial charge is 0.477 e. The number of anilines is 1. The van der Waals surface area contributed by atoms with Crippen molar-refractivity contribution in [2.45, 2.75) is 13.8 Å². The molecule has 2 aromatic rings. The molecule has 0 aliphatic rings. The maximum atomic E-state index is 12.2. The van der Waals surface area contributed by atoms with E-state index in [2.05, 4.69) is 20.5 Å². The molecule has 3 N–H and O–H groups in total. The number of aromatic nitrogens is 3. The Morgan fingerprint density at radius 1 is 1.33 bits per heavy atom. The van der Waals surface area contributed by atoms with E-state index in [1.54, 1.807) is 13.8 Å². The molecular formula is C13H12N4O4. The van der Waals surface area contributed by atoms with Crippen LogP contribution in [0.25, 0.3) is 0 Å². The Hall–Kier alpha value is -3.03. The van der Waals surface area contributed by atoms with Gasteiger partial charge < -0.3 is 10.4 Å². The summed E-state index contributed by atoms with van der Waals surface area (Å²) in [5.41, 5.74) is 0.355. The van der Waals surface area contributed by atoms with E-state index in [0.29, 0.717) is 11.3 Å². The van der Waals surface area contributed by atoms with Crippen LogP contribution in [-0.4, -0.2) is 32.2 Å². The smallest absolute Gasteiger partial charge is 0.354 e. The van der Waals surface area contributed by atoms with Crippen LogP contribution >= 0.6 is 0 Å². The topological polar surface area (TPSA) is 125 Å². The van der Waals surface area contributed by atoms with Gasteiger partial charge >= 0.3 is 5.97 Å². The number of aromatic carboxylic acids is 1. The molecular weight excluding hydrogens is 276 g/mol. The maximum Gasteiger partial charge on any atom is 0.354 e. The Balaban J connectivity index is 2.35. The molecule has 1 amide bonds. The minimum absolute atomic E-state index is 0.0591. The van der Waals surface area contributed by atoms with Gasteiger partial charge in [0.1, 0.15) is 11.3 Å². The van der Waals surface area contributed by atoms with Gasteiger partial charge in [-0.05, 0) is 31.5 Å². The number of rotatable bonds is 3. The van der Waals surface area contributed by atoms with Crippen LogP contribution in [0.15, 0.2) is 23.1 Å². The van der Waals surface area contributed by atoms with Gasteiger partial charge in [0, 0.05) is 11.9 Å². The van der Waals surface area contributed by atoms with E-state index in [0.717, 1.165) is 0 Å². The number of nitrogens with zero attached hydrogens (tertiary/aromatic N) is 2. The van der Waals surface area contributed by atoms with Crippen molar-refractivity contribution >= 4 is 17.6 Å². The quantitative estimate of drug-likeness (QED) is 0.764. The Morgan fingerprint density at radius 3 is 2.71 bits per heavy atom. The predicted molar refractivity (Wildman–Crippen MR) is 73.5 cm³/mol. The van der Waals surface area contributed by atoms with Gasteiger partial charge in [-0.15, -0.1) is 0 Å². The molecule has 8 heteroatoms. The van der Waals surface area contributed by atoms with E-state index in [1.165, 1.54) is 18.3 Å². The number of aryl methyl sites for hydroxylation is 1. The summed E-state index contributed by atoms with van der Waals surface area (Å²) in [7, 11) is 0. The van der Waals surface area contributed by atoms with Crippen LogP contribution in [0.5, 0.6) is 0 Å². The second kappa shape index (κ2) is 5.53. The minimum Gasteiger partial charge on any atom is -0.477 e. The monoisotopic (exact) mass is 288 g/mol. The van der Waals surface area contributed by atoms with Gasteiger partial charge in [-0.2, -0.15) is 5.10 Å². The molecule has 2 aromatic heterocycles. The summed E-state index contributed by atoms with van der Waals surface area (Å²) in [5.74, 6) is -1.85. The van der Waals surface area contributed by atoms with Crippen LogP contribution in [0, 0.1) is 13.8 Å². The molecule has 0 atom stereocenters. The Labute approximate surface area is 118 Å². The van der Waals surface area contributed by atoms with Gasteiger partial charge in [-0.1, -0.05) is 0 Å². The van der Waals surface area contributed by atoms with Crippen LogP contribution in [0.3, 0.4) is 0 Å². The van der Waals surface area contributed by atoms with Gasteiger partial charge in [0.15, 0.2) is 0 Å². The highest BCUT2D eigenvalue weighted by molar-refractivity contribution is 6.05. The van der Waals surface area contributed by atoms with Crippen molar-refractivity contribution in [1.82, 2.24) is 15.2 Å². The molecule has 2 heterocycles. The molecule has 8 nitrogen and oxygen atoms in total. The van der Waals surface area contributed by atoms with Crippen molar-refractivity contribution in [3.05, 3.63) is 51.2 Å². The molecule has 2 rings (SSSR count). The lowest BCUT2D eigenvalue weighted by atomic mass is 10.1. The maximum absolute atomic E-state index is 12.2.